The van der Waals surface area contributed by atoms with Gasteiger partial charge < -0.3 is 4.90 Å². The summed E-state index contributed by atoms with van der Waals surface area (Å²) in [5, 5.41) is 1.10. The normalized spacial score (nSPS) is 15.7. The molecule has 0 saturated heterocycles. The SMILES string of the molecule is CCN(C(=O)/C=C/c1cccc2cccnc12)C1CCCC1. The van der Waals surface area contributed by atoms with Gasteiger partial charge >= 0.3 is 0 Å². The van der Waals surface area contributed by atoms with Crippen LogP contribution in [0.4, 0.5) is 0 Å². The number of aromatic nitrogens is 1. The first-order chi connectivity index (χ1) is 10.8. The summed E-state index contributed by atoms with van der Waals surface area (Å²) in [6.45, 7) is 2.84. The highest BCUT2D eigenvalue weighted by Crippen LogP contribution is 2.24. The second-order valence-electron chi connectivity index (χ2n) is 5.82. The molecule has 3 rings (SSSR count). The number of para-hydroxylation sites is 1. The van der Waals surface area contributed by atoms with E-state index in [2.05, 4.69) is 11.9 Å². The summed E-state index contributed by atoms with van der Waals surface area (Å²) in [7, 11) is 0. The van der Waals surface area contributed by atoms with E-state index in [4.69, 9.17) is 0 Å². The van der Waals surface area contributed by atoms with Crippen molar-refractivity contribution in [1.29, 1.82) is 0 Å². The van der Waals surface area contributed by atoms with Crippen molar-refractivity contribution in [3.05, 3.63) is 48.2 Å². The summed E-state index contributed by atoms with van der Waals surface area (Å²) in [5.74, 6) is 0.113. The third-order valence-electron chi connectivity index (χ3n) is 4.46. The van der Waals surface area contributed by atoms with Crippen molar-refractivity contribution in [3.63, 3.8) is 0 Å². The largest absolute Gasteiger partial charge is 0.336 e. The minimum atomic E-state index is 0.113. The Hall–Kier alpha value is -2.16. The molecule has 1 fully saturated rings. The van der Waals surface area contributed by atoms with E-state index in [0.29, 0.717) is 6.04 Å². The van der Waals surface area contributed by atoms with E-state index < -0.39 is 0 Å². The fourth-order valence-corrected chi connectivity index (χ4v) is 3.33. The van der Waals surface area contributed by atoms with E-state index in [1.165, 1.54) is 12.8 Å². The third kappa shape index (κ3) is 3.03. The highest BCUT2D eigenvalue weighted by molar-refractivity contribution is 5.95. The van der Waals surface area contributed by atoms with Crippen LogP contribution in [-0.2, 0) is 4.79 Å². The molecule has 3 heteroatoms. The monoisotopic (exact) mass is 294 g/mol. The molecule has 1 heterocycles. The predicted octanol–water partition coefficient (Wildman–Crippen LogP) is 4.04. The molecule has 1 aromatic carbocycles. The fourth-order valence-electron chi connectivity index (χ4n) is 3.33. The molecule has 114 valence electrons. The standard InChI is InChI=1S/C19H22N2O/c1-2-21(17-10-3-4-11-17)18(22)13-12-16-8-5-7-15-9-6-14-20-19(15)16/h5-9,12-14,17H,2-4,10-11H2,1H3/b13-12+. The van der Waals surface area contributed by atoms with Crippen LogP contribution in [0.5, 0.6) is 0 Å². The lowest BCUT2D eigenvalue weighted by molar-refractivity contribution is -0.127. The zero-order valence-corrected chi connectivity index (χ0v) is 13.0. The van der Waals surface area contributed by atoms with Crippen LogP contribution in [0.3, 0.4) is 0 Å². The van der Waals surface area contributed by atoms with Gasteiger partial charge in [0.15, 0.2) is 0 Å². The van der Waals surface area contributed by atoms with Crippen LogP contribution >= 0.6 is 0 Å². The number of benzene rings is 1. The van der Waals surface area contributed by atoms with E-state index >= 15 is 0 Å². The Bertz CT molecular complexity index is 681. The third-order valence-corrected chi connectivity index (χ3v) is 4.46. The van der Waals surface area contributed by atoms with Crippen molar-refractivity contribution in [3.8, 4) is 0 Å². The smallest absolute Gasteiger partial charge is 0.246 e. The van der Waals surface area contributed by atoms with Crippen LogP contribution in [0.1, 0.15) is 38.2 Å². The Morgan fingerprint density at radius 2 is 2.05 bits per heavy atom. The number of carbonyl (C=O) groups is 1. The number of nitrogens with zero attached hydrogens (tertiary/aromatic N) is 2. The maximum atomic E-state index is 12.5. The minimum absolute atomic E-state index is 0.113. The molecule has 1 saturated carbocycles. The van der Waals surface area contributed by atoms with Gasteiger partial charge in [0.05, 0.1) is 5.52 Å². The van der Waals surface area contributed by atoms with Crippen molar-refractivity contribution in [2.75, 3.05) is 6.54 Å². The highest BCUT2D eigenvalue weighted by atomic mass is 16.2. The molecule has 1 aromatic heterocycles. The van der Waals surface area contributed by atoms with E-state index in [0.717, 1.165) is 35.9 Å². The molecular formula is C19H22N2O. The lowest BCUT2D eigenvalue weighted by atomic mass is 10.1. The van der Waals surface area contributed by atoms with Crippen molar-refractivity contribution >= 4 is 22.9 Å². The van der Waals surface area contributed by atoms with Gasteiger partial charge in [0.25, 0.3) is 0 Å². The van der Waals surface area contributed by atoms with Gasteiger partial charge in [-0.1, -0.05) is 37.1 Å². The van der Waals surface area contributed by atoms with Gasteiger partial charge in [-0.2, -0.15) is 0 Å². The van der Waals surface area contributed by atoms with E-state index in [1.807, 2.05) is 41.3 Å². The fraction of sp³-hybridized carbons (Fsp3) is 0.368. The minimum Gasteiger partial charge on any atom is -0.336 e. The number of rotatable bonds is 4. The Labute approximate surface area is 131 Å². The molecule has 0 atom stereocenters. The molecule has 3 nitrogen and oxygen atoms in total. The maximum absolute atomic E-state index is 12.5. The second-order valence-corrected chi connectivity index (χ2v) is 5.82. The topological polar surface area (TPSA) is 33.2 Å². The van der Waals surface area contributed by atoms with E-state index in [-0.39, 0.29) is 5.91 Å². The first-order valence-corrected chi connectivity index (χ1v) is 8.12. The lowest BCUT2D eigenvalue weighted by Gasteiger charge is -2.26. The van der Waals surface area contributed by atoms with Gasteiger partial charge in [0.2, 0.25) is 5.91 Å². The molecule has 1 amide bonds. The van der Waals surface area contributed by atoms with Crippen LogP contribution in [-0.4, -0.2) is 28.4 Å². The number of hydrogen-bond donors (Lipinski definition) is 0. The van der Waals surface area contributed by atoms with Crippen molar-refractivity contribution < 1.29 is 4.79 Å². The van der Waals surface area contributed by atoms with Gasteiger partial charge in [-0.05, 0) is 31.9 Å². The molecule has 0 spiro atoms. The van der Waals surface area contributed by atoms with E-state index in [1.54, 1.807) is 12.3 Å². The van der Waals surface area contributed by atoms with Crippen molar-refractivity contribution in [2.45, 2.75) is 38.6 Å². The molecule has 1 aliphatic carbocycles. The number of pyridine rings is 1. The summed E-state index contributed by atoms with van der Waals surface area (Å²) >= 11 is 0. The molecule has 0 aliphatic heterocycles. The number of carbonyl (C=O) groups excluding carboxylic acids is 1. The lowest BCUT2D eigenvalue weighted by Crippen LogP contribution is -2.37. The average Bonchev–Trinajstić information content (AvgIpc) is 3.07. The van der Waals surface area contributed by atoms with Gasteiger partial charge in [-0.15, -0.1) is 0 Å². The molecule has 0 N–H and O–H groups in total. The van der Waals surface area contributed by atoms with Gasteiger partial charge in [-0.25, -0.2) is 0 Å². The van der Waals surface area contributed by atoms with Gasteiger partial charge in [0.1, 0.15) is 0 Å². The highest BCUT2D eigenvalue weighted by Gasteiger charge is 2.23. The molecule has 0 unspecified atom stereocenters. The molecule has 0 bridgehead atoms. The summed E-state index contributed by atoms with van der Waals surface area (Å²) in [5.41, 5.74) is 1.94. The Kier molecular flexibility index (Phi) is 4.52. The summed E-state index contributed by atoms with van der Waals surface area (Å²) < 4.78 is 0. The van der Waals surface area contributed by atoms with Crippen LogP contribution in [0, 0.1) is 0 Å². The number of hydrogen-bond acceptors (Lipinski definition) is 2. The zero-order valence-electron chi connectivity index (χ0n) is 13.0. The van der Waals surface area contributed by atoms with Crippen molar-refractivity contribution in [1.82, 2.24) is 9.88 Å². The van der Waals surface area contributed by atoms with Crippen LogP contribution < -0.4 is 0 Å². The molecular weight excluding hydrogens is 272 g/mol. The number of likely N-dealkylation sites (N-methyl/N-ethyl adjacent to an activating group) is 1. The Morgan fingerprint density at radius 3 is 2.82 bits per heavy atom. The first kappa shape index (κ1) is 14.8. The van der Waals surface area contributed by atoms with Crippen LogP contribution in [0.15, 0.2) is 42.6 Å². The number of fused-ring (bicyclic) bond motifs is 1. The molecule has 0 radical (unpaired) electrons. The van der Waals surface area contributed by atoms with Gasteiger partial charge in [0, 0.05) is 35.8 Å². The molecule has 1 aliphatic rings. The first-order valence-electron chi connectivity index (χ1n) is 8.12. The molecule has 22 heavy (non-hydrogen) atoms. The Morgan fingerprint density at radius 1 is 1.27 bits per heavy atom. The maximum Gasteiger partial charge on any atom is 0.246 e. The van der Waals surface area contributed by atoms with Crippen LogP contribution in [0.2, 0.25) is 0 Å². The Balaban J connectivity index is 1.81. The quantitative estimate of drug-likeness (QED) is 0.797. The summed E-state index contributed by atoms with van der Waals surface area (Å²) in [6.07, 6.45) is 10.2. The second kappa shape index (κ2) is 6.73. The van der Waals surface area contributed by atoms with Crippen LogP contribution in [0.25, 0.3) is 17.0 Å². The predicted molar refractivity (Wildman–Crippen MR) is 90.4 cm³/mol. The summed E-state index contributed by atoms with van der Waals surface area (Å²) in [4.78, 5) is 18.9. The zero-order chi connectivity index (χ0) is 15.4. The summed E-state index contributed by atoms with van der Waals surface area (Å²) in [6, 6.07) is 10.4. The van der Waals surface area contributed by atoms with E-state index in [9.17, 15) is 4.79 Å². The molecule has 2 aromatic rings. The number of amides is 1. The van der Waals surface area contributed by atoms with Crippen molar-refractivity contribution in [2.24, 2.45) is 0 Å². The average molecular weight is 294 g/mol. The van der Waals surface area contributed by atoms with Gasteiger partial charge in [-0.3, -0.25) is 9.78 Å².